The monoisotopic (exact) mass is 273 g/mol. The summed E-state index contributed by atoms with van der Waals surface area (Å²) in [5.74, 6) is 0. The van der Waals surface area contributed by atoms with E-state index >= 15 is 0 Å². The van der Waals surface area contributed by atoms with E-state index in [2.05, 4.69) is 76.7 Å². The van der Waals surface area contributed by atoms with Gasteiger partial charge in [-0.2, -0.15) is 0 Å². The van der Waals surface area contributed by atoms with Crippen LogP contribution in [-0.2, 0) is 16.0 Å². The predicted octanol–water partition coefficient (Wildman–Crippen LogP) is 4.57. The Morgan fingerprint density at radius 2 is 1.50 bits per heavy atom. The number of rotatable bonds is 2. The van der Waals surface area contributed by atoms with Gasteiger partial charge in [0, 0.05) is 0 Å². The van der Waals surface area contributed by atoms with Gasteiger partial charge in [0.1, 0.15) is 0 Å². The molecule has 3 rings (SSSR count). The van der Waals surface area contributed by atoms with Crippen LogP contribution >= 0.6 is 0 Å². The Morgan fingerprint density at radius 3 is 2.22 bits per heavy atom. The van der Waals surface area contributed by atoms with Crippen molar-refractivity contribution in [2.75, 3.05) is 0 Å². The summed E-state index contributed by atoms with van der Waals surface area (Å²) in [5, 5.41) is 0. The van der Waals surface area contributed by atoms with Crippen molar-refractivity contribution in [3.63, 3.8) is 0 Å². The van der Waals surface area contributed by atoms with E-state index in [9.17, 15) is 0 Å². The molecule has 1 aliphatic carbocycles. The fourth-order valence-electron chi connectivity index (χ4n) is 2.22. The van der Waals surface area contributed by atoms with Crippen LogP contribution in [0.2, 0.25) is 0 Å². The van der Waals surface area contributed by atoms with Crippen molar-refractivity contribution < 1.29 is 16.0 Å². The quantitative estimate of drug-likeness (QED) is 0.703. The standard InChI is InChI=1S/C17H13.Fe/c1-2-7-14(8-3-1)16-11-6-12-17(13-16)15-9-4-5-10-15;/h1-4,6-9,11-13H,5H2;. The van der Waals surface area contributed by atoms with Crippen molar-refractivity contribution in [1.82, 2.24) is 0 Å². The average molecular weight is 273 g/mol. The fourth-order valence-corrected chi connectivity index (χ4v) is 2.60. The first-order valence-corrected chi connectivity index (χ1v) is 6.59. The van der Waals surface area contributed by atoms with E-state index in [1.54, 1.807) is 0 Å². The van der Waals surface area contributed by atoms with E-state index in [-0.39, 0.29) is 0 Å². The van der Waals surface area contributed by atoms with Crippen molar-refractivity contribution in [2.45, 2.75) is 6.42 Å². The van der Waals surface area contributed by atoms with Gasteiger partial charge in [-0.05, 0) is 0 Å². The number of benzene rings is 2. The second-order valence-corrected chi connectivity index (χ2v) is 5.02. The molecule has 0 heterocycles. The van der Waals surface area contributed by atoms with Crippen LogP contribution in [0.15, 0.2) is 71.2 Å². The Bertz CT molecular complexity index is 621. The summed E-state index contributed by atoms with van der Waals surface area (Å²) in [7, 11) is 0. The normalized spacial score (nSPS) is 14.3. The average Bonchev–Trinajstić information content (AvgIpc) is 2.86. The van der Waals surface area contributed by atoms with Crippen LogP contribution in [-0.4, -0.2) is 0 Å². The van der Waals surface area contributed by atoms with Crippen LogP contribution in [0.25, 0.3) is 16.7 Å². The molecule has 0 aliphatic heterocycles. The van der Waals surface area contributed by atoms with Gasteiger partial charge in [-0.25, -0.2) is 0 Å². The van der Waals surface area contributed by atoms with Crippen LogP contribution in [0.3, 0.4) is 0 Å². The van der Waals surface area contributed by atoms with Gasteiger partial charge in [0.2, 0.25) is 0 Å². The van der Waals surface area contributed by atoms with Gasteiger partial charge in [0.15, 0.2) is 0 Å². The number of allylic oxidation sites excluding steroid dienone is 4. The molecule has 2 aromatic carbocycles. The van der Waals surface area contributed by atoms with Crippen LogP contribution < -0.4 is 0 Å². The van der Waals surface area contributed by atoms with Crippen molar-refractivity contribution in [3.05, 3.63) is 76.8 Å². The van der Waals surface area contributed by atoms with Crippen LogP contribution in [0.5, 0.6) is 0 Å². The summed E-state index contributed by atoms with van der Waals surface area (Å²) in [6, 6.07) is 19.1. The van der Waals surface area contributed by atoms with E-state index in [1.807, 2.05) is 6.07 Å². The minimum absolute atomic E-state index is 0.977. The molecule has 0 atom stereocenters. The van der Waals surface area contributed by atoms with Gasteiger partial charge in [-0.15, -0.1) is 0 Å². The molecule has 0 saturated heterocycles. The van der Waals surface area contributed by atoms with Gasteiger partial charge in [0.05, 0.1) is 0 Å². The molecule has 18 heavy (non-hydrogen) atoms. The summed E-state index contributed by atoms with van der Waals surface area (Å²) >= 11 is 4.11. The van der Waals surface area contributed by atoms with Crippen LogP contribution in [0.1, 0.15) is 12.0 Å². The van der Waals surface area contributed by atoms with Crippen LogP contribution in [0, 0.1) is 0 Å². The molecule has 0 nitrogen and oxygen atoms in total. The zero-order chi connectivity index (χ0) is 12.4. The molecule has 0 unspecified atom stereocenters. The summed E-state index contributed by atoms with van der Waals surface area (Å²) < 4.78 is 1.21. The van der Waals surface area contributed by atoms with Crippen molar-refractivity contribution in [3.8, 4) is 11.1 Å². The van der Waals surface area contributed by atoms with E-state index in [0.29, 0.717) is 0 Å². The van der Waals surface area contributed by atoms with Crippen molar-refractivity contribution >= 4 is 5.57 Å². The van der Waals surface area contributed by atoms with E-state index < -0.39 is 0 Å². The molecular formula is C17H13Fe. The van der Waals surface area contributed by atoms with Crippen molar-refractivity contribution in [1.29, 1.82) is 0 Å². The number of hydrogen-bond acceptors (Lipinski definition) is 0. The van der Waals surface area contributed by atoms with E-state index in [0.717, 1.165) is 6.42 Å². The topological polar surface area (TPSA) is 0 Å². The third-order valence-electron chi connectivity index (χ3n) is 3.14. The maximum absolute atomic E-state index is 4.11. The molecule has 0 spiro atoms. The first-order valence-electron chi connectivity index (χ1n) is 6.04. The molecule has 0 N–H and O–H groups in total. The molecular weight excluding hydrogens is 260 g/mol. The minimum atomic E-state index is 0.977. The molecule has 1 aliphatic rings. The Balaban J connectivity index is 2.05. The predicted molar refractivity (Wildman–Crippen MR) is 72.6 cm³/mol. The third kappa shape index (κ3) is 2.20. The van der Waals surface area contributed by atoms with Crippen molar-refractivity contribution in [2.24, 2.45) is 0 Å². The van der Waals surface area contributed by atoms with E-state index in [1.165, 1.54) is 26.7 Å². The summed E-state index contributed by atoms with van der Waals surface area (Å²) in [6.45, 7) is 0. The second kappa shape index (κ2) is 4.97. The van der Waals surface area contributed by atoms with Gasteiger partial charge in [0.25, 0.3) is 0 Å². The molecule has 1 heteroatoms. The van der Waals surface area contributed by atoms with Crippen LogP contribution in [0.4, 0.5) is 0 Å². The molecule has 0 amide bonds. The molecule has 0 radical (unpaired) electrons. The van der Waals surface area contributed by atoms with Gasteiger partial charge >= 0.3 is 116 Å². The molecule has 0 bridgehead atoms. The van der Waals surface area contributed by atoms with Gasteiger partial charge in [-0.1, -0.05) is 0 Å². The Morgan fingerprint density at radius 1 is 0.778 bits per heavy atom. The SMILES string of the molecule is [Fe][C]1=C(c2cccc(-c3ccccc3)c2)C=CC1. The Labute approximate surface area is 116 Å². The summed E-state index contributed by atoms with van der Waals surface area (Å²) in [6.07, 6.45) is 5.32. The Kier molecular flexibility index (Phi) is 3.18. The first kappa shape index (κ1) is 11.5. The Hall–Kier alpha value is -1.56. The van der Waals surface area contributed by atoms with E-state index in [4.69, 9.17) is 0 Å². The second-order valence-electron chi connectivity index (χ2n) is 4.36. The summed E-state index contributed by atoms with van der Waals surface area (Å²) in [4.78, 5) is 0. The number of hydrogen-bond donors (Lipinski definition) is 0. The zero-order valence-corrected chi connectivity index (χ0v) is 11.0. The van der Waals surface area contributed by atoms with Gasteiger partial charge < -0.3 is 0 Å². The zero-order valence-electron chi connectivity index (χ0n) is 9.91. The molecule has 89 valence electrons. The van der Waals surface area contributed by atoms with Gasteiger partial charge in [-0.3, -0.25) is 0 Å². The maximum atomic E-state index is 4.11. The molecule has 0 fully saturated rings. The third-order valence-corrected chi connectivity index (χ3v) is 3.67. The fraction of sp³-hybridized carbons (Fsp3) is 0.0588. The molecule has 0 saturated carbocycles. The first-order chi connectivity index (χ1) is 8.84. The summed E-state index contributed by atoms with van der Waals surface area (Å²) in [5.41, 5.74) is 5.05. The molecule has 2 aromatic rings. The molecule has 0 aromatic heterocycles.